The Kier molecular flexibility index (Phi) is 3.43. The molecule has 1 amide bonds. The van der Waals surface area contributed by atoms with Crippen LogP contribution in [0.15, 0.2) is 35.4 Å². The van der Waals surface area contributed by atoms with Crippen molar-refractivity contribution >= 4 is 23.9 Å². The van der Waals surface area contributed by atoms with Gasteiger partial charge in [-0.2, -0.15) is 5.10 Å². The lowest BCUT2D eigenvalue weighted by Gasteiger charge is -2.26. The van der Waals surface area contributed by atoms with Gasteiger partial charge in [0.15, 0.2) is 0 Å². The molecule has 1 aliphatic rings. The SMILES string of the molecule is C[N+](C)(CC1=NNc2ccccc2C=C1)NC=O. The Hall–Kier alpha value is -2.14. The molecule has 94 valence electrons. The Balaban J connectivity index is 2.14. The van der Waals surface area contributed by atoms with Gasteiger partial charge in [-0.3, -0.25) is 10.2 Å². The number of nitrogens with zero attached hydrogens (tertiary/aromatic N) is 2. The summed E-state index contributed by atoms with van der Waals surface area (Å²) < 4.78 is 0.352. The van der Waals surface area contributed by atoms with Gasteiger partial charge in [-0.1, -0.05) is 24.3 Å². The smallest absolute Gasteiger partial charge is 0.252 e. The third-order valence-electron chi connectivity index (χ3n) is 2.70. The molecule has 2 N–H and O–H groups in total. The molecule has 0 bridgehead atoms. The van der Waals surface area contributed by atoms with Gasteiger partial charge in [0.1, 0.15) is 12.3 Å². The van der Waals surface area contributed by atoms with Crippen molar-refractivity contribution in [2.24, 2.45) is 5.10 Å². The average molecular weight is 245 g/mol. The molecule has 0 spiro atoms. The minimum absolute atomic E-state index is 0.352. The summed E-state index contributed by atoms with van der Waals surface area (Å²) in [6.45, 7) is 0.607. The number of quaternary nitrogens is 1. The van der Waals surface area contributed by atoms with Gasteiger partial charge in [0.2, 0.25) is 0 Å². The van der Waals surface area contributed by atoms with E-state index < -0.39 is 0 Å². The number of hydrogen-bond donors (Lipinski definition) is 2. The fourth-order valence-corrected chi connectivity index (χ4v) is 1.78. The molecule has 0 saturated heterocycles. The van der Waals surface area contributed by atoms with Crippen molar-refractivity contribution in [1.82, 2.24) is 5.43 Å². The lowest BCUT2D eigenvalue weighted by molar-refractivity contribution is -0.915. The summed E-state index contributed by atoms with van der Waals surface area (Å²) in [5.74, 6) is 0. The van der Waals surface area contributed by atoms with Crippen molar-refractivity contribution in [2.75, 3.05) is 26.1 Å². The standard InChI is InChI=1S/C13H16N4O/c1-17(2,14-10-18)9-12-8-7-11-5-3-4-6-13(11)16-15-12/h3-8,10H,9H2,1-2H3,(H-,14,15,16,18)/p+1. The van der Waals surface area contributed by atoms with Crippen LogP contribution in [-0.2, 0) is 4.79 Å². The zero-order valence-electron chi connectivity index (χ0n) is 10.6. The van der Waals surface area contributed by atoms with Crippen LogP contribution in [0.2, 0.25) is 0 Å². The van der Waals surface area contributed by atoms with E-state index in [4.69, 9.17) is 0 Å². The van der Waals surface area contributed by atoms with E-state index in [2.05, 4.69) is 16.0 Å². The first-order valence-corrected chi connectivity index (χ1v) is 5.75. The van der Waals surface area contributed by atoms with Gasteiger partial charge in [-0.05, 0) is 17.7 Å². The van der Waals surface area contributed by atoms with Crippen molar-refractivity contribution in [3.63, 3.8) is 0 Å². The maximum Gasteiger partial charge on any atom is 0.252 e. The van der Waals surface area contributed by atoms with Crippen LogP contribution in [-0.4, -0.2) is 37.4 Å². The number of para-hydroxylation sites is 1. The molecule has 1 aromatic rings. The fourth-order valence-electron chi connectivity index (χ4n) is 1.78. The lowest BCUT2D eigenvalue weighted by atomic mass is 10.1. The van der Waals surface area contributed by atoms with E-state index in [9.17, 15) is 4.79 Å². The number of rotatable bonds is 4. The predicted octanol–water partition coefficient (Wildman–Crippen LogP) is 1.22. The first-order chi connectivity index (χ1) is 8.61. The molecule has 1 heterocycles. The molecule has 0 aliphatic carbocycles. The van der Waals surface area contributed by atoms with Crippen LogP contribution in [0.25, 0.3) is 6.08 Å². The number of amides is 1. The van der Waals surface area contributed by atoms with Crippen LogP contribution in [0.3, 0.4) is 0 Å². The highest BCUT2D eigenvalue weighted by Crippen LogP contribution is 2.18. The number of carbonyl (C=O) groups excluding carboxylic acids is 1. The number of nitrogens with one attached hydrogen (secondary N) is 2. The van der Waals surface area contributed by atoms with Gasteiger partial charge in [0.05, 0.1) is 19.8 Å². The molecule has 0 fully saturated rings. The molecule has 5 heteroatoms. The fraction of sp³-hybridized carbons (Fsp3) is 0.231. The second-order valence-electron chi connectivity index (χ2n) is 4.73. The summed E-state index contributed by atoms with van der Waals surface area (Å²) in [6.07, 6.45) is 4.68. The molecular formula is C13H17N4O+. The predicted molar refractivity (Wildman–Crippen MR) is 72.7 cm³/mol. The summed E-state index contributed by atoms with van der Waals surface area (Å²) in [5.41, 5.74) is 8.73. The highest BCUT2D eigenvalue weighted by atomic mass is 16.1. The van der Waals surface area contributed by atoms with E-state index in [1.165, 1.54) is 0 Å². The Morgan fingerprint density at radius 3 is 2.89 bits per heavy atom. The normalized spacial score (nSPS) is 14.0. The number of anilines is 1. The molecular weight excluding hydrogens is 228 g/mol. The largest absolute Gasteiger partial charge is 0.277 e. The molecule has 2 rings (SSSR count). The minimum Gasteiger partial charge on any atom is -0.277 e. The molecule has 1 aromatic carbocycles. The number of fused-ring (bicyclic) bond motifs is 1. The van der Waals surface area contributed by atoms with Gasteiger partial charge >= 0.3 is 0 Å². The van der Waals surface area contributed by atoms with Crippen molar-refractivity contribution in [2.45, 2.75) is 0 Å². The second-order valence-corrected chi connectivity index (χ2v) is 4.73. The van der Waals surface area contributed by atoms with Gasteiger partial charge < -0.3 is 0 Å². The molecule has 0 unspecified atom stereocenters. The zero-order valence-corrected chi connectivity index (χ0v) is 10.6. The van der Waals surface area contributed by atoms with E-state index >= 15 is 0 Å². The van der Waals surface area contributed by atoms with Crippen molar-refractivity contribution < 1.29 is 9.39 Å². The first kappa shape index (κ1) is 12.3. The maximum atomic E-state index is 10.5. The molecule has 0 aromatic heterocycles. The van der Waals surface area contributed by atoms with Crippen LogP contribution in [0.5, 0.6) is 0 Å². The highest BCUT2D eigenvalue weighted by Gasteiger charge is 2.17. The number of benzene rings is 1. The summed E-state index contributed by atoms with van der Waals surface area (Å²) in [7, 11) is 3.81. The van der Waals surface area contributed by atoms with E-state index in [1.807, 2.05) is 50.5 Å². The van der Waals surface area contributed by atoms with Crippen molar-refractivity contribution in [3.05, 3.63) is 35.9 Å². The summed E-state index contributed by atoms with van der Waals surface area (Å²) in [6, 6.07) is 7.97. The van der Waals surface area contributed by atoms with Gasteiger partial charge in [0.25, 0.3) is 6.41 Å². The molecule has 0 saturated carbocycles. The van der Waals surface area contributed by atoms with Crippen LogP contribution in [0.4, 0.5) is 5.69 Å². The third-order valence-corrected chi connectivity index (χ3v) is 2.70. The monoisotopic (exact) mass is 245 g/mol. The van der Waals surface area contributed by atoms with Crippen LogP contribution in [0.1, 0.15) is 5.56 Å². The topological polar surface area (TPSA) is 53.5 Å². The van der Waals surface area contributed by atoms with Crippen LogP contribution < -0.4 is 10.9 Å². The van der Waals surface area contributed by atoms with Crippen molar-refractivity contribution in [3.8, 4) is 0 Å². The quantitative estimate of drug-likeness (QED) is 0.476. The Morgan fingerprint density at radius 1 is 1.33 bits per heavy atom. The highest BCUT2D eigenvalue weighted by molar-refractivity contribution is 6.01. The molecule has 0 radical (unpaired) electrons. The molecule has 0 atom stereocenters. The van der Waals surface area contributed by atoms with Crippen LogP contribution in [0, 0.1) is 0 Å². The Morgan fingerprint density at radius 2 is 2.11 bits per heavy atom. The number of hydrazone groups is 1. The van der Waals surface area contributed by atoms with E-state index in [-0.39, 0.29) is 0 Å². The van der Waals surface area contributed by atoms with Crippen LogP contribution >= 0.6 is 0 Å². The van der Waals surface area contributed by atoms with E-state index in [0.717, 1.165) is 17.0 Å². The maximum absolute atomic E-state index is 10.5. The van der Waals surface area contributed by atoms with Gasteiger partial charge in [-0.15, -0.1) is 0 Å². The summed E-state index contributed by atoms with van der Waals surface area (Å²) >= 11 is 0. The van der Waals surface area contributed by atoms with Crippen molar-refractivity contribution in [1.29, 1.82) is 0 Å². The molecule has 1 aliphatic heterocycles. The van der Waals surface area contributed by atoms with Gasteiger partial charge in [0, 0.05) is 0 Å². The summed E-state index contributed by atoms with van der Waals surface area (Å²) in [4.78, 5) is 10.5. The Bertz CT molecular complexity index is 505. The lowest BCUT2D eigenvalue weighted by Crippen LogP contribution is -2.53. The minimum atomic E-state index is 0.352. The number of hydrogen-bond acceptors (Lipinski definition) is 3. The molecule has 5 nitrogen and oxygen atoms in total. The molecule has 18 heavy (non-hydrogen) atoms. The van der Waals surface area contributed by atoms with E-state index in [0.29, 0.717) is 17.5 Å². The zero-order chi connectivity index (χ0) is 13.0. The second kappa shape index (κ2) is 5.01. The number of carbonyl (C=O) groups is 1. The van der Waals surface area contributed by atoms with Gasteiger partial charge in [-0.25, -0.2) is 10.0 Å². The first-order valence-electron chi connectivity index (χ1n) is 5.75. The van der Waals surface area contributed by atoms with E-state index in [1.54, 1.807) is 0 Å². The summed E-state index contributed by atoms with van der Waals surface area (Å²) in [5, 5.41) is 4.34. The third kappa shape index (κ3) is 2.95. The Labute approximate surface area is 106 Å². The average Bonchev–Trinajstić information content (AvgIpc) is 2.52.